The Morgan fingerprint density at radius 1 is 1.18 bits per heavy atom. The summed E-state index contributed by atoms with van der Waals surface area (Å²) in [7, 11) is 0. The van der Waals surface area contributed by atoms with E-state index in [0.29, 0.717) is 11.3 Å². The summed E-state index contributed by atoms with van der Waals surface area (Å²) in [6.07, 6.45) is 3.53. The van der Waals surface area contributed by atoms with Gasteiger partial charge in [-0.1, -0.05) is 35.5 Å². The highest BCUT2D eigenvalue weighted by molar-refractivity contribution is 7.98. The van der Waals surface area contributed by atoms with Gasteiger partial charge >= 0.3 is 0 Å². The van der Waals surface area contributed by atoms with E-state index in [2.05, 4.69) is 27.6 Å². The number of hydrogen-bond donors (Lipinski definition) is 1. The van der Waals surface area contributed by atoms with Crippen molar-refractivity contribution >= 4 is 17.7 Å². The van der Waals surface area contributed by atoms with E-state index in [1.165, 1.54) is 17.3 Å². The summed E-state index contributed by atoms with van der Waals surface area (Å²) in [4.78, 5) is 17.2. The minimum atomic E-state index is -0.0880. The second-order valence-corrected chi connectivity index (χ2v) is 7.81. The topological polar surface area (TPSA) is 68.0 Å². The van der Waals surface area contributed by atoms with Crippen LogP contribution in [0.3, 0.4) is 0 Å². The summed E-state index contributed by atoms with van der Waals surface area (Å²) in [6, 6.07) is 14.0. The van der Waals surface area contributed by atoms with Gasteiger partial charge < -0.3 is 9.84 Å². The maximum Gasteiger partial charge on any atom is 0.254 e. The van der Waals surface area contributed by atoms with Gasteiger partial charge in [0.1, 0.15) is 10.8 Å². The standard InChI is InChI=1S/C22H25N3O2S/c1-15(11-12-18-8-5-4-6-9-18)24-21(26)19-10-7-13-23-22(19)28-14-20-16(2)25-27-17(20)3/h4-10,13,15H,11-12,14H2,1-3H3,(H,24,26). The fourth-order valence-corrected chi connectivity index (χ4v) is 4.07. The number of pyridine rings is 1. The van der Waals surface area contributed by atoms with Gasteiger partial charge in [0.2, 0.25) is 0 Å². The number of carbonyl (C=O) groups is 1. The Kier molecular flexibility index (Phi) is 6.87. The van der Waals surface area contributed by atoms with E-state index in [0.717, 1.165) is 34.9 Å². The van der Waals surface area contributed by atoms with Gasteiger partial charge in [-0.15, -0.1) is 11.8 Å². The van der Waals surface area contributed by atoms with Crippen molar-refractivity contribution in [2.24, 2.45) is 0 Å². The molecule has 1 N–H and O–H groups in total. The molecule has 0 bridgehead atoms. The second kappa shape index (κ2) is 9.55. The van der Waals surface area contributed by atoms with Gasteiger partial charge in [-0.2, -0.15) is 0 Å². The van der Waals surface area contributed by atoms with Crippen molar-refractivity contribution in [1.29, 1.82) is 0 Å². The van der Waals surface area contributed by atoms with Crippen LogP contribution in [0, 0.1) is 13.8 Å². The molecule has 1 amide bonds. The predicted molar refractivity (Wildman–Crippen MR) is 111 cm³/mol. The second-order valence-electron chi connectivity index (χ2n) is 6.85. The number of carbonyl (C=O) groups excluding carboxylic acids is 1. The zero-order valence-electron chi connectivity index (χ0n) is 16.4. The van der Waals surface area contributed by atoms with Crippen molar-refractivity contribution in [2.75, 3.05) is 0 Å². The van der Waals surface area contributed by atoms with Crippen molar-refractivity contribution in [3.8, 4) is 0 Å². The molecular weight excluding hydrogens is 370 g/mol. The van der Waals surface area contributed by atoms with Crippen molar-refractivity contribution in [3.63, 3.8) is 0 Å². The molecule has 2 heterocycles. The van der Waals surface area contributed by atoms with Crippen molar-refractivity contribution in [1.82, 2.24) is 15.5 Å². The molecule has 3 rings (SSSR count). The number of nitrogens with one attached hydrogen (secondary N) is 1. The van der Waals surface area contributed by atoms with E-state index < -0.39 is 0 Å². The molecule has 146 valence electrons. The summed E-state index contributed by atoms with van der Waals surface area (Å²) in [5.41, 5.74) is 3.81. The lowest BCUT2D eigenvalue weighted by Gasteiger charge is -2.15. The molecule has 0 aliphatic rings. The van der Waals surface area contributed by atoms with E-state index in [4.69, 9.17) is 4.52 Å². The lowest BCUT2D eigenvalue weighted by Crippen LogP contribution is -2.33. The monoisotopic (exact) mass is 395 g/mol. The van der Waals surface area contributed by atoms with Crippen LogP contribution in [0.5, 0.6) is 0 Å². The van der Waals surface area contributed by atoms with Crippen LogP contribution in [-0.4, -0.2) is 22.1 Å². The average molecular weight is 396 g/mol. The van der Waals surface area contributed by atoms with Gasteiger partial charge in [0.15, 0.2) is 0 Å². The first kappa shape index (κ1) is 20.1. The molecule has 0 aliphatic heterocycles. The van der Waals surface area contributed by atoms with Gasteiger partial charge in [-0.25, -0.2) is 4.98 Å². The van der Waals surface area contributed by atoms with E-state index in [1.807, 2.05) is 45.0 Å². The molecule has 6 heteroatoms. The van der Waals surface area contributed by atoms with Crippen molar-refractivity contribution in [2.45, 2.75) is 50.4 Å². The van der Waals surface area contributed by atoms with Gasteiger partial charge in [-0.05, 0) is 51.3 Å². The number of aryl methyl sites for hydroxylation is 3. The Labute approximate surface area is 169 Å². The molecule has 0 fully saturated rings. The van der Waals surface area contributed by atoms with Crippen LogP contribution in [0.25, 0.3) is 0 Å². The molecule has 0 saturated heterocycles. The van der Waals surface area contributed by atoms with Gasteiger partial charge in [-0.3, -0.25) is 4.79 Å². The Balaban J connectivity index is 1.60. The SMILES string of the molecule is Cc1noc(C)c1CSc1ncccc1C(=O)NC(C)CCc1ccccc1. The molecule has 0 spiro atoms. The fraction of sp³-hybridized carbons (Fsp3) is 0.318. The Morgan fingerprint density at radius 3 is 2.68 bits per heavy atom. The summed E-state index contributed by atoms with van der Waals surface area (Å²) in [5, 5.41) is 7.80. The van der Waals surface area contributed by atoms with Crippen LogP contribution < -0.4 is 5.32 Å². The summed E-state index contributed by atoms with van der Waals surface area (Å²) >= 11 is 1.53. The van der Waals surface area contributed by atoms with Crippen LogP contribution in [0.4, 0.5) is 0 Å². The van der Waals surface area contributed by atoms with Crippen LogP contribution in [0.1, 0.15) is 46.3 Å². The number of thioether (sulfide) groups is 1. The molecule has 0 radical (unpaired) electrons. The number of amides is 1. The summed E-state index contributed by atoms with van der Waals surface area (Å²) in [6.45, 7) is 5.86. The van der Waals surface area contributed by atoms with Crippen LogP contribution in [0.15, 0.2) is 58.2 Å². The molecule has 0 aliphatic carbocycles. The predicted octanol–water partition coefficient (Wildman–Crippen LogP) is 4.73. The highest BCUT2D eigenvalue weighted by Crippen LogP contribution is 2.27. The molecule has 28 heavy (non-hydrogen) atoms. The van der Waals surface area contributed by atoms with Crippen LogP contribution in [0.2, 0.25) is 0 Å². The van der Waals surface area contributed by atoms with E-state index in [1.54, 1.807) is 12.3 Å². The maximum atomic E-state index is 12.8. The minimum Gasteiger partial charge on any atom is -0.361 e. The van der Waals surface area contributed by atoms with E-state index in [-0.39, 0.29) is 11.9 Å². The number of benzene rings is 1. The smallest absolute Gasteiger partial charge is 0.254 e. The number of nitrogens with zero attached hydrogens (tertiary/aromatic N) is 2. The zero-order valence-corrected chi connectivity index (χ0v) is 17.3. The quantitative estimate of drug-likeness (QED) is 0.559. The summed E-state index contributed by atoms with van der Waals surface area (Å²) < 4.78 is 5.21. The molecular formula is C22H25N3O2S. The van der Waals surface area contributed by atoms with Gasteiger partial charge in [0.25, 0.3) is 5.91 Å². The van der Waals surface area contributed by atoms with Crippen molar-refractivity contribution in [3.05, 3.63) is 76.8 Å². The van der Waals surface area contributed by atoms with Gasteiger partial charge in [0.05, 0.1) is 11.3 Å². The number of hydrogen-bond acceptors (Lipinski definition) is 5. The third kappa shape index (κ3) is 5.23. The zero-order chi connectivity index (χ0) is 19.9. The Bertz CT molecular complexity index is 905. The molecule has 5 nitrogen and oxygen atoms in total. The first-order chi connectivity index (χ1) is 13.5. The first-order valence-corrected chi connectivity index (χ1v) is 10.4. The minimum absolute atomic E-state index is 0.0772. The largest absolute Gasteiger partial charge is 0.361 e. The average Bonchev–Trinajstić information content (AvgIpc) is 3.03. The molecule has 1 aromatic carbocycles. The summed E-state index contributed by atoms with van der Waals surface area (Å²) in [5.74, 6) is 1.39. The fourth-order valence-electron chi connectivity index (χ4n) is 2.93. The maximum absolute atomic E-state index is 12.8. The Morgan fingerprint density at radius 2 is 1.96 bits per heavy atom. The lowest BCUT2D eigenvalue weighted by molar-refractivity contribution is 0.0934. The lowest BCUT2D eigenvalue weighted by atomic mass is 10.1. The molecule has 2 aromatic heterocycles. The molecule has 1 unspecified atom stereocenters. The van der Waals surface area contributed by atoms with Crippen molar-refractivity contribution < 1.29 is 9.32 Å². The van der Waals surface area contributed by atoms with E-state index >= 15 is 0 Å². The number of aromatic nitrogens is 2. The molecule has 1 atom stereocenters. The normalized spacial score (nSPS) is 12.0. The third-order valence-corrected chi connectivity index (χ3v) is 5.67. The van der Waals surface area contributed by atoms with Crippen LogP contribution in [-0.2, 0) is 12.2 Å². The number of rotatable bonds is 8. The van der Waals surface area contributed by atoms with Crippen LogP contribution >= 0.6 is 11.8 Å². The Hall–Kier alpha value is -2.60. The highest BCUT2D eigenvalue weighted by Gasteiger charge is 2.17. The van der Waals surface area contributed by atoms with Gasteiger partial charge in [0, 0.05) is 23.6 Å². The molecule has 3 aromatic rings. The molecule has 0 saturated carbocycles. The highest BCUT2D eigenvalue weighted by atomic mass is 32.2. The van der Waals surface area contributed by atoms with E-state index in [9.17, 15) is 4.79 Å². The first-order valence-electron chi connectivity index (χ1n) is 9.39. The third-order valence-electron chi connectivity index (χ3n) is 4.64.